The predicted molar refractivity (Wildman–Crippen MR) is 174 cm³/mol. The number of methoxy groups -OCH3 is 2. The van der Waals surface area contributed by atoms with Gasteiger partial charge in [0.15, 0.2) is 0 Å². The van der Waals surface area contributed by atoms with Crippen molar-refractivity contribution in [3.63, 3.8) is 0 Å². The summed E-state index contributed by atoms with van der Waals surface area (Å²) in [4.78, 5) is 50.4. The van der Waals surface area contributed by atoms with Gasteiger partial charge in [0.1, 0.15) is 17.2 Å². The van der Waals surface area contributed by atoms with Gasteiger partial charge in [0.25, 0.3) is 17.5 Å². The van der Waals surface area contributed by atoms with Crippen molar-refractivity contribution in [3.05, 3.63) is 124 Å². The maximum absolute atomic E-state index is 13.3. The molecule has 1 atom stereocenters. The molecule has 0 fully saturated rings. The van der Waals surface area contributed by atoms with E-state index in [1.165, 1.54) is 56.3 Å². The lowest BCUT2D eigenvalue weighted by atomic mass is 10.1. The molecule has 3 N–H and O–H groups in total. The minimum Gasteiger partial charge on any atom is -0.497 e. The summed E-state index contributed by atoms with van der Waals surface area (Å²) in [6, 6.07) is 26.0. The van der Waals surface area contributed by atoms with Crippen LogP contribution in [0, 0.1) is 10.1 Å². The standard InChI is InChI=1S/C33H30N4O7S/c1-21(31(38)35-28-20-26(43-2)15-18-30(28)44-3)45-27-16-11-24(12-17-27)34-33(40)29(36-32(39)23-7-5-4-6-8-23)19-22-9-13-25(14-10-22)37(41)42/h4-21H,1-3H3,(H,34,40)(H,35,38)(H,36,39)/b29-19-. The van der Waals surface area contributed by atoms with Crippen LogP contribution in [-0.4, -0.2) is 42.1 Å². The van der Waals surface area contributed by atoms with Crippen LogP contribution in [0.1, 0.15) is 22.8 Å². The monoisotopic (exact) mass is 626 g/mol. The molecule has 12 heteroatoms. The maximum atomic E-state index is 13.3. The number of amides is 3. The number of rotatable bonds is 12. The summed E-state index contributed by atoms with van der Waals surface area (Å²) in [7, 11) is 3.05. The minimum absolute atomic E-state index is 0.0607. The average Bonchev–Trinajstić information content (AvgIpc) is 3.05. The largest absolute Gasteiger partial charge is 0.497 e. The summed E-state index contributed by atoms with van der Waals surface area (Å²) >= 11 is 1.33. The number of nitro groups is 1. The molecule has 0 bridgehead atoms. The third kappa shape index (κ3) is 8.94. The fourth-order valence-electron chi connectivity index (χ4n) is 4.02. The molecule has 3 amide bonds. The van der Waals surface area contributed by atoms with E-state index in [-0.39, 0.29) is 17.3 Å². The first-order valence-electron chi connectivity index (χ1n) is 13.6. The zero-order chi connectivity index (χ0) is 32.3. The number of nitrogens with one attached hydrogen (secondary N) is 3. The van der Waals surface area contributed by atoms with Crippen LogP contribution in [0.5, 0.6) is 11.5 Å². The van der Waals surface area contributed by atoms with Crippen molar-refractivity contribution in [3.8, 4) is 11.5 Å². The lowest BCUT2D eigenvalue weighted by Crippen LogP contribution is -2.30. The Morgan fingerprint density at radius 2 is 1.56 bits per heavy atom. The van der Waals surface area contributed by atoms with Crippen molar-refractivity contribution < 1.29 is 28.8 Å². The number of carbonyl (C=O) groups excluding carboxylic acids is 3. The van der Waals surface area contributed by atoms with Gasteiger partial charge in [0.05, 0.1) is 30.1 Å². The Morgan fingerprint density at radius 1 is 0.867 bits per heavy atom. The SMILES string of the molecule is COc1ccc(OC)c(NC(=O)C(C)Sc2ccc(NC(=O)/C(=C/c3ccc([N+](=O)[O-])cc3)NC(=O)c3ccccc3)cc2)c1. The van der Waals surface area contributed by atoms with Gasteiger partial charge in [0, 0.05) is 34.3 Å². The maximum Gasteiger partial charge on any atom is 0.272 e. The van der Waals surface area contributed by atoms with Crippen molar-refractivity contribution in [1.82, 2.24) is 5.32 Å². The summed E-state index contributed by atoms with van der Waals surface area (Å²) in [6.07, 6.45) is 1.43. The van der Waals surface area contributed by atoms with E-state index in [1.807, 2.05) is 0 Å². The Hall–Kier alpha value is -5.62. The van der Waals surface area contributed by atoms with Crippen LogP contribution < -0.4 is 25.4 Å². The normalized spacial score (nSPS) is 11.6. The zero-order valence-electron chi connectivity index (χ0n) is 24.6. The molecule has 0 aliphatic rings. The number of nitro benzene ring substituents is 1. The van der Waals surface area contributed by atoms with Crippen LogP contribution in [0.15, 0.2) is 108 Å². The number of ether oxygens (including phenoxy) is 2. The summed E-state index contributed by atoms with van der Waals surface area (Å²) in [6.45, 7) is 1.77. The number of thioether (sulfide) groups is 1. The molecule has 4 rings (SSSR count). The third-order valence-electron chi connectivity index (χ3n) is 6.40. The second-order valence-electron chi connectivity index (χ2n) is 9.52. The lowest BCUT2D eigenvalue weighted by molar-refractivity contribution is -0.384. The fourth-order valence-corrected chi connectivity index (χ4v) is 4.89. The predicted octanol–water partition coefficient (Wildman–Crippen LogP) is 6.14. The highest BCUT2D eigenvalue weighted by molar-refractivity contribution is 8.00. The minimum atomic E-state index is -0.599. The molecule has 11 nitrogen and oxygen atoms in total. The Bertz CT molecular complexity index is 1710. The van der Waals surface area contributed by atoms with E-state index in [4.69, 9.17) is 9.47 Å². The first kappa shape index (κ1) is 32.3. The number of hydrogen-bond donors (Lipinski definition) is 3. The first-order valence-corrected chi connectivity index (χ1v) is 14.5. The summed E-state index contributed by atoms with van der Waals surface area (Å²) in [5.41, 5.74) is 1.61. The van der Waals surface area contributed by atoms with Gasteiger partial charge in [-0.1, -0.05) is 18.2 Å². The number of nitrogens with zero attached hydrogens (tertiary/aromatic N) is 1. The number of non-ortho nitro benzene ring substituents is 1. The lowest BCUT2D eigenvalue weighted by Gasteiger charge is -2.15. The molecule has 45 heavy (non-hydrogen) atoms. The van der Waals surface area contributed by atoms with Crippen LogP contribution in [0.3, 0.4) is 0 Å². The molecule has 0 saturated carbocycles. The molecule has 0 spiro atoms. The Labute approximate surface area is 263 Å². The number of anilines is 2. The molecule has 0 aliphatic carbocycles. The smallest absolute Gasteiger partial charge is 0.272 e. The van der Waals surface area contributed by atoms with Gasteiger partial charge >= 0.3 is 0 Å². The van der Waals surface area contributed by atoms with Gasteiger partial charge < -0.3 is 25.4 Å². The van der Waals surface area contributed by atoms with E-state index >= 15 is 0 Å². The highest BCUT2D eigenvalue weighted by Crippen LogP contribution is 2.31. The molecule has 0 heterocycles. The summed E-state index contributed by atoms with van der Waals surface area (Å²) in [5, 5.41) is 18.8. The zero-order valence-corrected chi connectivity index (χ0v) is 25.4. The van der Waals surface area contributed by atoms with Crippen LogP contribution >= 0.6 is 11.8 Å². The van der Waals surface area contributed by atoms with Crippen LogP contribution in [-0.2, 0) is 9.59 Å². The van der Waals surface area contributed by atoms with E-state index < -0.39 is 22.0 Å². The topological polar surface area (TPSA) is 149 Å². The van der Waals surface area contributed by atoms with E-state index in [0.717, 1.165) is 4.90 Å². The highest BCUT2D eigenvalue weighted by Gasteiger charge is 2.18. The molecule has 230 valence electrons. The van der Waals surface area contributed by atoms with E-state index in [2.05, 4.69) is 16.0 Å². The second-order valence-corrected chi connectivity index (χ2v) is 10.9. The molecule has 0 aromatic heterocycles. The number of carbonyl (C=O) groups is 3. The average molecular weight is 627 g/mol. The molecule has 0 saturated heterocycles. The Balaban J connectivity index is 1.45. The fraction of sp³-hybridized carbons (Fsp3) is 0.121. The Kier molecular flexibility index (Phi) is 10.9. The second kappa shape index (κ2) is 15.2. The quantitative estimate of drug-likeness (QED) is 0.0735. The summed E-state index contributed by atoms with van der Waals surface area (Å²) < 4.78 is 10.6. The van der Waals surface area contributed by atoms with E-state index in [9.17, 15) is 24.5 Å². The summed E-state index contributed by atoms with van der Waals surface area (Å²) in [5.74, 6) is -0.251. The first-order chi connectivity index (χ1) is 21.7. The molecule has 4 aromatic rings. The molecular weight excluding hydrogens is 596 g/mol. The van der Waals surface area contributed by atoms with E-state index in [1.54, 1.807) is 79.7 Å². The van der Waals surface area contributed by atoms with Gasteiger partial charge in [-0.15, -0.1) is 11.8 Å². The number of hydrogen-bond acceptors (Lipinski definition) is 8. The van der Waals surface area contributed by atoms with Crippen LogP contribution in [0.25, 0.3) is 6.08 Å². The van der Waals surface area contributed by atoms with Gasteiger partial charge in [-0.3, -0.25) is 24.5 Å². The molecular formula is C33H30N4O7S. The van der Waals surface area contributed by atoms with Gasteiger partial charge in [0.2, 0.25) is 5.91 Å². The van der Waals surface area contributed by atoms with Gasteiger partial charge in [-0.25, -0.2) is 0 Å². The molecule has 0 radical (unpaired) electrons. The highest BCUT2D eigenvalue weighted by atomic mass is 32.2. The van der Waals surface area contributed by atoms with Crippen molar-refractivity contribution >= 4 is 52.6 Å². The van der Waals surface area contributed by atoms with Gasteiger partial charge in [-0.05, 0) is 79.2 Å². The van der Waals surface area contributed by atoms with Crippen molar-refractivity contribution in [2.45, 2.75) is 17.1 Å². The van der Waals surface area contributed by atoms with Crippen molar-refractivity contribution in [1.29, 1.82) is 0 Å². The van der Waals surface area contributed by atoms with E-state index in [0.29, 0.717) is 34.0 Å². The molecule has 1 unspecified atom stereocenters. The van der Waals surface area contributed by atoms with Gasteiger partial charge in [-0.2, -0.15) is 0 Å². The van der Waals surface area contributed by atoms with Crippen LogP contribution in [0.4, 0.5) is 17.1 Å². The molecule has 4 aromatic carbocycles. The Morgan fingerprint density at radius 3 is 2.18 bits per heavy atom. The third-order valence-corrected chi connectivity index (χ3v) is 7.51. The van der Waals surface area contributed by atoms with Crippen LogP contribution in [0.2, 0.25) is 0 Å². The molecule has 0 aliphatic heterocycles. The van der Waals surface area contributed by atoms with Crippen molar-refractivity contribution in [2.24, 2.45) is 0 Å². The number of benzene rings is 4. The van der Waals surface area contributed by atoms with Crippen molar-refractivity contribution in [2.75, 3.05) is 24.9 Å².